The smallest absolute Gasteiger partial charge is 0.409 e. The Hall–Kier alpha value is -2.45. The molecular formula is C11H15N7O2. The van der Waals surface area contributed by atoms with Crippen LogP contribution in [0.5, 0.6) is 0 Å². The molecule has 9 nitrogen and oxygen atoms in total. The third kappa shape index (κ3) is 2.46. The van der Waals surface area contributed by atoms with E-state index in [4.69, 9.17) is 4.74 Å². The van der Waals surface area contributed by atoms with E-state index in [0.717, 1.165) is 19.4 Å². The minimum absolute atomic E-state index is 0.143. The van der Waals surface area contributed by atoms with E-state index >= 15 is 0 Å². The van der Waals surface area contributed by atoms with Gasteiger partial charge in [-0.25, -0.2) is 4.79 Å². The lowest BCUT2D eigenvalue weighted by Crippen LogP contribution is -2.45. The first-order valence-electron chi connectivity index (χ1n) is 6.41. The molecule has 20 heavy (non-hydrogen) atoms. The lowest BCUT2D eigenvalue weighted by molar-refractivity contribution is 0.113. The molecule has 3 rings (SSSR count). The van der Waals surface area contributed by atoms with Gasteiger partial charge in [0.25, 0.3) is 0 Å². The maximum atomic E-state index is 11.5. The van der Waals surface area contributed by atoms with E-state index in [2.05, 4.69) is 25.9 Å². The standard InChI is InChI=1S/C11H15N7O2/c1-20-11(19)17-6-2-3-8(7-17)12-9-4-5-10-13-15-16-18(10)14-9/h4-5,8H,2-3,6-7H2,1H3,(H,12,14). The number of rotatable bonds is 2. The molecule has 106 valence electrons. The molecule has 1 atom stereocenters. The number of anilines is 1. The molecule has 2 aromatic rings. The van der Waals surface area contributed by atoms with Crippen molar-refractivity contribution in [2.75, 3.05) is 25.5 Å². The van der Waals surface area contributed by atoms with E-state index in [-0.39, 0.29) is 12.1 Å². The molecule has 1 N–H and O–H groups in total. The summed E-state index contributed by atoms with van der Waals surface area (Å²) in [5, 5.41) is 18.6. The zero-order valence-corrected chi connectivity index (χ0v) is 11.1. The number of fused-ring (bicyclic) bond motifs is 1. The van der Waals surface area contributed by atoms with E-state index in [9.17, 15) is 4.79 Å². The topological polar surface area (TPSA) is 97.5 Å². The van der Waals surface area contributed by atoms with Crippen molar-refractivity contribution in [3.63, 3.8) is 0 Å². The fourth-order valence-corrected chi connectivity index (χ4v) is 2.33. The van der Waals surface area contributed by atoms with Crippen LogP contribution in [0.1, 0.15) is 12.8 Å². The highest BCUT2D eigenvalue weighted by Gasteiger charge is 2.24. The number of methoxy groups -OCH3 is 1. The van der Waals surface area contributed by atoms with Crippen molar-refractivity contribution in [3.8, 4) is 0 Å². The molecule has 9 heteroatoms. The highest BCUT2D eigenvalue weighted by atomic mass is 16.5. The van der Waals surface area contributed by atoms with Crippen molar-refractivity contribution >= 4 is 17.6 Å². The molecular weight excluding hydrogens is 262 g/mol. The number of hydrogen-bond acceptors (Lipinski definition) is 7. The lowest BCUT2D eigenvalue weighted by atomic mass is 10.1. The van der Waals surface area contributed by atoms with Crippen LogP contribution in [-0.4, -0.2) is 62.5 Å². The summed E-state index contributed by atoms with van der Waals surface area (Å²) < 4.78 is 6.11. The summed E-state index contributed by atoms with van der Waals surface area (Å²) in [5.41, 5.74) is 0.593. The molecule has 1 amide bonds. The third-order valence-corrected chi connectivity index (χ3v) is 3.28. The van der Waals surface area contributed by atoms with Crippen LogP contribution in [0.4, 0.5) is 10.6 Å². The average Bonchev–Trinajstić information content (AvgIpc) is 2.94. The van der Waals surface area contributed by atoms with E-state index in [1.165, 1.54) is 11.7 Å². The van der Waals surface area contributed by atoms with Gasteiger partial charge in [-0.05, 0) is 35.4 Å². The average molecular weight is 277 g/mol. The number of tetrazole rings is 1. The number of carbonyl (C=O) groups is 1. The monoisotopic (exact) mass is 277 g/mol. The summed E-state index contributed by atoms with van der Waals surface area (Å²) >= 11 is 0. The van der Waals surface area contributed by atoms with Crippen LogP contribution in [0.2, 0.25) is 0 Å². The molecule has 1 saturated heterocycles. The normalized spacial score (nSPS) is 19.1. The zero-order valence-electron chi connectivity index (χ0n) is 11.1. The van der Waals surface area contributed by atoms with Crippen molar-refractivity contribution < 1.29 is 9.53 Å². The first kappa shape index (κ1) is 12.6. The highest BCUT2D eigenvalue weighted by Crippen LogP contribution is 2.15. The van der Waals surface area contributed by atoms with E-state index < -0.39 is 0 Å². The van der Waals surface area contributed by atoms with Crippen LogP contribution in [-0.2, 0) is 4.74 Å². The Bertz CT molecular complexity index is 614. The predicted molar refractivity (Wildman–Crippen MR) is 69.2 cm³/mol. The van der Waals surface area contributed by atoms with Gasteiger partial charge in [0.15, 0.2) is 5.65 Å². The molecule has 1 fully saturated rings. The Kier molecular flexibility index (Phi) is 3.32. The Morgan fingerprint density at radius 2 is 2.40 bits per heavy atom. The maximum Gasteiger partial charge on any atom is 0.409 e. The maximum absolute atomic E-state index is 11.5. The van der Waals surface area contributed by atoms with Crippen LogP contribution in [0.15, 0.2) is 12.1 Å². The van der Waals surface area contributed by atoms with Crippen molar-refractivity contribution in [1.29, 1.82) is 0 Å². The van der Waals surface area contributed by atoms with Gasteiger partial charge in [0.1, 0.15) is 5.82 Å². The number of amides is 1. The summed E-state index contributed by atoms with van der Waals surface area (Å²) in [6.45, 7) is 1.33. The van der Waals surface area contributed by atoms with Crippen molar-refractivity contribution in [2.45, 2.75) is 18.9 Å². The minimum Gasteiger partial charge on any atom is -0.453 e. The van der Waals surface area contributed by atoms with Crippen molar-refractivity contribution in [3.05, 3.63) is 12.1 Å². The quantitative estimate of drug-likeness (QED) is 0.835. The number of piperidine rings is 1. The second-order valence-corrected chi connectivity index (χ2v) is 4.64. The van der Waals surface area contributed by atoms with Gasteiger partial charge in [0, 0.05) is 19.1 Å². The first-order chi connectivity index (χ1) is 9.76. The van der Waals surface area contributed by atoms with Gasteiger partial charge in [-0.1, -0.05) is 0 Å². The summed E-state index contributed by atoms with van der Waals surface area (Å²) in [6.07, 6.45) is 1.61. The van der Waals surface area contributed by atoms with Gasteiger partial charge in [0.2, 0.25) is 0 Å². The van der Waals surface area contributed by atoms with Gasteiger partial charge in [-0.15, -0.1) is 14.8 Å². The van der Waals surface area contributed by atoms with Gasteiger partial charge in [0.05, 0.1) is 7.11 Å². The van der Waals surface area contributed by atoms with Crippen molar-refractivity contribution in [2.24, 2.45) is 0 Å². The zero-order chi connectivity index (χ0) is 13.9. The molecule has 0 aromatic carbocycles. The molecule has 3 heterocycles. The number of nitrogens with zero attached hydrogens (tertiary/aromatic N) is 6. The first-order valence-corrected chi connectivity index (χ1v) is 6.41. The second-order valence-electron chi connectivity index (χ2n) is 4.64. The van der Waals surface area contributed by atoms with Crippen LogP contribution < -0.4 is 5.32 Å². The van der Waals surface area contributed by atoms with Gasteiger partial charge >= 0.3 is 6.09 Å². The number of ether oxygens (including phenoxy) is 1. The molecule has 1 aliphatic heterocycles. The Morgan fingerprint density at radius 1 is 1.50 bits per heavy atom. The second kappa shape index (κ2) is 5.27. The number of likely N-dealkylation sites (tertiary alicyclic amines) is 1. The molecule has 0 bridgehead atoms. The van der Waals surface area contributed by atoms with E-state index in [1.807, 2.05) is 6.07 Å². The third-order valence-electron chi connectivity index (χ3n) is 3.28. The van der Waals surface area contributed by atoms with Crippen LogP contribution >= 0.6 is 0 Å². The predicted octanol–water partition coefficient (Wildman–Crippen LogP) is 0.162. The van der Waals surface area contributed by atoms with Gasteiger partial charge < -0.3 is 15.0 Å². The molecule has 0 aliphatic carbocycles. The lowest BCUT2D eigenvalue weighted by Gasteiger charge is -2.32. The van der Waals surface area contributed by atoms with Crippen molar-refractivity contribution in [1.82, 2.24) is 30.2 Å². The molecule has 0 saturated carbocycles. The van der Waals surface area contributed by atoms with Crippen LogP contribution in [0, 0.1) is 0 Å². The highest BCUT2D eigenvalue weighted by molar-refractivity contribution is 5.67. The number of carbonyl (C=O) groups excluding carboxylic acids is 1. The molecule has 1 unspecified atom stereocenters. The van der Waals surface area contributed by atoms with E-state index in [1.54, 1.807) is 11.0 Å². The number of aromatic nitrogens is 5. The largest absolute Gasteiger partial charge is 0.453 e. The van der Waals surface area contributed by atoms with Gasteiger partial charge in [-0.2, -0.15) is 0 Å². The fourth-order valence-electron chi connectivity index (χ4n) is 2.33. The van der Waals surface area contributed by atoms with E-state index in [0.29, 0.717) is 18.0 Å². The molecule has 1 aliphatic rings. The molecule has 0 radical (unpaired) electrons. The fraction of sp³-hybridized carbons (Fsp3) is 0.545. The molecule has 0 spiro atoms. The Labute approximate surface area is 114 Å². The SMILES string of the molecule is COC(=O)N1CCCC(Nc2ccc3nnnn3n2)C1. The summed E-state index contributed by atoms with van der Waals surface area (Å²) in [5.74, 6) is 0.682. The summed E-state index contributed by atoms with van der Waals surface area (Å²) in [7, 11) is 1.40. The Morgan fingerprint density at radius 3 is 3.25 bits per heavy atom. The summed E-state index contributed by atoms with van der Waals surface area (Å²) in [6, 6.07) is 3.75. The number of hydrogen-bond donors (Lipinski definition) is 1. The summed E-state index contributed by atoms with van der Waals surface area (Å²) in [4.78, 5) is 13.2. The van der Waals surface area contributed by atoms with Gasteiger partial charge in [-0.3, -0.25) is 0 Å². The van der Waals surface area contributed by atoms with Crippen LogP contribution in [0.3, 0.4) is 0 Å². The van der Waals surface area contributed by atoms with Crippen LogP contribution in [0.25, 0.3) is 5.65 Å². The minimum atomic E-state index is -0.291. The molecule has 2 aromatic heterocycles. The number of nitrogens with one attached hydrogen (secondary N) is 1. The Balaban J connectivity index is 1.68.